The van der Waals surface area contributed by atoms with E-state index in [1.165, 1.54) is 6.92 Å². The van der Waals surface area contributed by atoms with Gasteiger partial charge in [0.1, 0.15) is 238 Å². The van der Waals surface area contributed by atoms with E-state index in [0.29, 0.717) is 0 Å². The lowest BCUT2D eigenvalue weighted by atomic mass is 9.93. The Kier molecular flexibility index (Phi) is 36.0. The molecule has 57 heteroatoms. The zero-order valence-electron chi connectivity index (χ0n) is 65.4. The summed E-state index contributed by atoms with van der Waals surface area (Å²) < 4.78 is 151. The van der Waals surface area contributed by atoms with E-state index in [9.17, 15) is 165 Å². The van der Waals surface area contributed by atoms with Crippen molar-refractivity contribution in [2.45, 2.75) is 335 Å². The van der Waals surface area contributed by atoms with Crippen LogP contribution in [0.15, 0.2) is 0 Å². The topological polar surface area (TPSA) is 872 Å². The summed E-state index contributed by atoms with van der Waals surface area (Å²) in [5.41, 5.74) is 0. The summed E-state index contributed by atoms with van der Waals surface area (Å²) in [6, 6.07) is -5.88. The van der Waals surface area contributed by atoms with Crippen molar-refractivity contribution in [3.05, 3.63) is 0 Å². The number of nitrogens with one attached hydrogen (secondary N) is 3. The lowest BCUT2D eigenvalue weighted by Gasteiger charge is -2.52. The number of aliphatic hydroxyl groups is 27. The van der Waals surface area contributed by atoms with Gasteiger partial charge in [0.05, 0.1) is 65.6 Å². The van der Waals surface area contributed by atoms with Gasteiger partial charge in [-0.25, -0.2) is 4.18 Å². The van der Waals surface area contributed by atoms with Gasteiger partial charge in [-0.3, -0.25) is 18.9 Å². The van der Waals surface area contributed by atoms with Crippen molar-refractivity contribution in [1.29, 1.82) is 0 Å². The summed E-state index contributed by atoms with van der Waals surface area (Å²) in [7, 11) is -5.53. The average molecular weight is 1830 g/mol. The van der Waals surface area contributed by atoms with Crippen LogP contribution < -0.4 is 16.0 Å². The maximum atomic E-state index is 13.6. The second kappa shape index (κ2) is 43.7. The number of amides is 3. The van der Waals surface area contributed by atoms with E-state index in [2.05, 4.69) is 20.1 Å². The largest absolute Gasteiger partial charge is 0.397 e. The summed E-state index contributed by atoms with van der Waals surface area (Å²) in [4.78, 5) is 38.9. The molecule has 10 fully saturated rings. The summed E-state index contributed by atoms with van der Waals surface area (Å²) in [6.07, 6.45) is -103. The molecular formula is C66H111N3O53S. The molecule has 0 aromatic carbocycles. The van der Waals surface area contributed by atoms with Crippen LogP contribution in [0.4, 0.5) is 0 Å². The first-order valence-corrected chi connectivity index (χ1v) is 40.0. The van der Waals surface area contributed by atoms with E-state index < -0.39 is 394 Å². The molecule has 0 aromatic rings. The number of carbonyl (C=O) groups is 3. The predicted molar refractivity (Wildman–Crippen MR) is 373 cm³/mol. The first-order chi connectivity index (χ1) is 58.0. The molecule has 10 aliphatic rings. The Bertz CT molecular complexity index is 3430. The molecule has 31 N–H and O–H groups in total. The number of carbonyl (C=O) groups excluding carboxylic acids is 3. The molecule has 0 aromatic heterocycles. The fraction of sp³-hybridized carbons (Fsp3) is 0.955. The van der Waals surface area contributed by atoms with E-state index in [-0.39, 0.29) is 0 Å². The number of ether oxygens (including phenoxy) is 19. The molecule has 50 atom stereocenters. The smallest absolute Gasteiger partial charge is 0.394 e. The molecule has 0 spiro atoms. The standard InChI is InChI=1S/C66H111N3O53S/c1-14-30(80)38(88)44(94)62(105-14)117-52-24(11-76)111-59(29(69-17(4)79)53(52)118-64-46(96)42(92)51(23(10-75)112-64)122-123(100,101)102)121-56-41(91)33(83)20(7-72)109-66(56)120-55-35(85)26(114-65(48(55)98)116-50-22(9-74)110-58(28(37(50)87)68-16(3)78)115-49-21(8-73)106-57(99)27(36(49)86)67-15(2)77)13-104-61-47(97)54(119-63-45(95)40(90)32(82)19(6-71)108-63)34(84)25(113-61)12-103-60-43(93)39(89)31(81)18(5-70)107-60/h14,18-66,70-76,80-99H,5-13H2,1-4H3,(H,67,77)(H,68,78)(H,69,79)(H,100,101,102)/t14-,18+,19+,20+,21+,22+,23+,24+,25+,26+,27+,28+,29+,30+,31+,32+,33+,34+,35+,36+,37+,38+,39-,40-,41-,42+,43-,44-,45-,46+,47-,48-,49+,50+,51-,52+,53+,54-,55-,56-,57+,58-,59-,60-,61-,62-,63+,64-,65-,66+/m0/s1. The van der Waals surface area contributed by atoms with Crippen molar-refractivity contribution in [3.63, 3.8) is 0 Å². The highest BCUT2D eigenvalue weighted by atomic mass is 32.3. The minimum atomic E-state index is -5.53. The van der Waals surface area contributed by atoms with Gasteiger partial charge in [-0.15, -0.1) is 0 Å². The Balaban J connectivity index is 1.02. The van der Waals surface area contributed by atoms with Crippen LogP contribution in [0.25, 0.3) is 0 Å². The highest BCUT2D eigenvalue weighted by Gasteiger charge is 2.62. The van der Waals surface area contributed by atoms with Gasteiger partial charge in [-0.2, -0.15) is 8.42 Å². The van der Waals surface area contributed by atoms with E-state index in [1.54, 1.807) is 0 Å². The number of hydrogen-bond donors (Lipinski definition) is 31. The second-order valence-corrected chi connectivity index (χ2v) is 31.8. The maximum absolute atomic E-state index is 13.6. The van der Waals surface area contributed by atoms with E-state index in [0.717, 1.165) is 20.8 Å². The first kappa shape index (κ1) is 102. The maximum Gasteiger partial charge on any atom is 0.397 e. The number of rotatable bonds is 32. The van der Waals surface area contributed by atoms with Crippen LogP contribution in [0, 0.1) is 0 Å². The second-order valence-electron chi connectivity index (χ2n) is 30.8. The van der Waals surface area contributed by atoms with Gasteiger partial charge in [0, 0.05) is 20.8 Å². The summed E-state index contributed by atoms with van der Waals surface area (Å²) >= 11 is 0. The zero-order chi connectivity index (χ0) is 90.7. The molecule has 10 heterocycles. The highest BCUT2D eigenvalue weighted by molar-refractivity contribution is 7.80. The molecule has 123 heavy (non-hydrogen) atoms. The third-order valence-electron chi connectivity index (χ3n) is 22.2. The third-order valence-corrected chi connectivity index (χ3v) is 22.7. The van der Waals surface area contributed by atoms with E-state index in [4.69, 9.17) is 90.0 Å². The molecule has 0 saturated carbocycles. The third kappa shape index (κ3) is 22.8. The van der Waals surface area contributed by atoms with Gasteiger partial charge in [0.15, 0.2) is 62.9 Å². The molecule has 714 valence electrons. The van der Waals surface area contributed by atoms with E-state index >= 15 is 0 Å². The number of hydrogen-bond acceptors (Lipinski definition) is 52. The molecule has 3 amide bonds. The fourth-order valence-electron chi connectivity index (χ4n) is 15.6. The SMILES string of the molecule is CC(=O)N[C@@H]1[C@@H](O)[C@H](O[C@@H]2O[C@H](CO)[C@@H](O[C@@H]3O[C@H](CO[C@H]4O[C@H](CO[C@H]5O[C@H](CO)[C@@H](O)[C@H](O)[C@@H]5O)[C@@H](O)[C@H](O[C@H]5O[C@H](CO)[C@@H](O)[C@H](O)[C@@H]5O)[C@@H]4O)[C@@H](O)[C@H](O[C@H]4O[C@H](CO)[C@@H](O)[C@H](O)[C@@H]4O[C@@H]4O[C@H](CO)[C@@H](O[C@@H]5O[C@@H](C)[C@@H](O)[C@@H](O)[C@@H]5O)[C@H](O[C@@H]5O[C@H](CO)[C@H](OS(=O)(=O)O)[C@H](O)[C@H]5O)[C@H]4NC(C)=O)[C@@H]3O)[C@H](O)[C@H]2NC(C)=O)[C@@H](CO)O[C@H]1O. The van der Waals surface area contributed by atoms with Crippen LogP contribution in [0.3, 0.4) is 0 Å². The van der Waals surface area contributed by atoms with Gasteiger partial charge in [0.25, 0.3) is 0 Å². The van der Waals surface area contributed by atoms with Crippen LogP contribution in [-0.2, 0) is 119 Å². The van der Waals surface area contributed by atoms with Crippen molar-refractivity contribution < 1.29 is 259 Å². The van der Waals surface area contributed by atoms with Gasteiger partial charge in [-0.05, 0) is 6.92 Å². The fourth-order valence-corrected chi connectivity index (χ4v) is 16.1. The van der Waals surface area contributed by atoms with Gasteiger partial charge >= 0.3 is 10.4 Å². The van der Waals surface area contributed by atoms with Crippen LogP contribution in [-0.4, -0.2) is 535 Å². The van der Waals surface area contributed by atoms with Crippen molar-refractivity contribution in [3.8, 4) is 0 Å². The van der Waals surface area contributed by atoms with Crippen LogP contribution in [0.1, 0.15) is 27.7 Å². The normalized spacial score (nSPS) is 49.6. The molecule has 0 bridgehead atoms. The molecule has 0 aliphatic carbocycles. The summed E-state index contributed by atoms with van der Waals surface area (Å²) in [5.74, 6) is -2.91. The van der Waals surface area contributed by atoms with Gasteiger partial charge < -0.3 is 244 Å². The quantitative estimate of drug-likeness (QED) is 0.0278. The molecular weight excluding hydrogens is 1710 g/mol. The highest BCUT2D eigenvalue weighted by Crippen LogP contribution is 2.41. The summed E-state index contributed by atoms with van der Waals surface area (Å²) in [6.45, 7) is -6.60. The van der Waals surface area contributed by atoms with Gasteiger partial charge in [-0.1, -0.05) is 0 Å². The average Bonchev–Trinajstić information content (AvgIpc) is 0.758. The van der Waals surface area contributed by atoms with Crippen molar-refractivity contribution in [1.82, 2.24) is 16.0 Å². The molecule has 0 unspecified atom stereocenters. The minimum absolute atomic E-state index is 0.816. The Morgan fingerprint density at radius 3 is 1.07 bits per heavy atom. The van der Waals surface area contributed by atoms with Gasteiger partial charge in [0.2, 0.25) is 17.7 Å². The first-order valence-electron chi connectivity index (χ1n) is 38.7. The van der Waals surface area contributed by atoms with Crippen molar-refractivity contribution >= 4 is 28.1 Å². The van der Waals surface area contributed by atoms with Crippen molar-refractivity contribution in [2.24, 2.45) is 0 Å². The van der Waals surface area contributed by atoms with Crippen LogP contribution >= 0.6 is 0 Å². The lowest BCUT2D eigenvalue weighted by Crippen LogP contribution is -2.71. The minimum Gasteiger partial charge on any atom is -0.394 e. The number of aliphatic hydroxyl groups excluding tert-OH is 27. The summed E-state index contributed by atoms with van der Waals surface area (Å²) in [5, 5.41) is 309. The molecule has 0 radical (unpaired) electrons. The van der Waals surface area contributed by atoms with E-state index in [1.807, 2.05) is 0 Å². The molecule has 10 rings (SSSR count). The predicted octanol–water partition coefficient (Wildman–Crippen LogP) is -21.5. The molecule has 10 saturated heterocycles. The Morgan fingerprint density at radius 1 is 0.268 bits per heavy atom. The molecule has 10 aliphatic heterocycles. The Hall–Kier alpha value is -3.56. The molecule has 56 nitrogen and oxygen atoms in total. The van der Waals surface area contributed by atoms with Crippen molar-refractivity contribution in [2.75, 3.05) is 59.5 Å². The monoisotopic (exact) mass is 1830 g/mol. The zero-order valence-corrected chi connectivity index (χ0v) is 66.2. The Morgan fingerprint density at radius 2 is 0.569 bits per heavy atom. The van der Waals surface area contributed by atoms with Crippen LogP contribution in [0.5, 0.6) is 0 Å². The Labute approximate surface area is 695 Å². The lowest BCUT2D eigenvalue weighted by molar-refractivity contribution is -0.403. The van der Waals surface area contributed by atoms with Crippen LogP contribution in [0.2, 0.25) is 0 Å².